The topological polar surface area (TPSA) is 58.4 Å². The van der Waals surface area contributed by atoms with Gasteiger partial charge in [-0.05, 0) is 17.5 Å². The van der Waals surface area contributed by atoms with Crippen molar-refractivity contribution in [2.24, 2.45) is 5.92 Å². The number of halogens is 1. The van der Waals surface area contributed by atoms with E-state index in [1.54, 1.807) is 4.90 Å². The average Bonchev–Trinajstić information content (AvgIpc) is 2.75. The summed E-state index contributed by atoms with van der Waals surface area (Å²) >= 11 is 5.56. The minimum atomic E-state index is -0.118. The predicted octanol–water partition coefficient (Wildman–Crippen LogP) is 1.40. The van der Waals surface area contributed by atoms with Crippen LogP contribution in [-0.4, -0.2) is 41.5 Å². The van der Waals surface area contributed by atoms with Gasteiger partial charge in [0.15, 0.2) is 5.69 Å². The van der Waals surface area contributed by atoms with Gasteiger partial charge in [0.1, 0.15) is 6.26 Å². The van der Waals surface area contributed by atoms with Crippen molar-refractivity contribution in [1.82, 2.24) is 15.2 Å². The molecule has 1 aliphatic heterocycles. The smallest absolute Gasteiger partial charge is 0.292 e. The van der Waals surface area contributed by atoms with Gasteiger partial charge in [0.05, 0.1) is 0 Å². The molecule has 1 N–H and O–H groups in total. The van der Waals surface area contributed by atoms with Crippen LogP contribution in [0.4, 0.5) is 0 Å². The largest absolute Gasteiger partial charge is 0.435 e. The lowest BCUT2D eigenvalue weighted by Crippen LogP contribution is -2.54. The van der Waals surface area contributed by atoms with E-state index in [4.69, 9.17) is 16.0 Å². The summed E-state index contributed by atoms with van der Waals surface area (Å²) in [6.07, 6.45) is 1.30. The standard InChI is InChI=1S/C11H16ClN3O2/c1-7(2)8-5-15(4-3-13-8)10(16)9-6-17-11(12)14-9/h6-8,13H,3-5H2,1-2H3/t8-/m1/s1. The fourth-order valence-corrected chi connectivity index (χ4v) is 2.06. The third-order valence-electron chi connectivity index (χ3n) is 2.99. The van der Waals surface area contributed by atoms with Crippen LogP contribution in [0.5, 0.6) is 0 Å². The lowest BCUT2D eigenvalue weighted by Gasteiger charge is -2.35. The first-order valence-corrected chi connectivity index (χ1v) is 6.09. The average molecular weight is 258 g/mol. The highest BCUT2D eigenvalue weighted by Crippen LogP contribution is 2.13. The molecule has 1 fully saturated rings. The zero-order valence-corrected chi connectivity index (χ0v) is 10.7. The lowest BCUT2D eigenvalue weighted by atomic mass is 10.0. The molecule has 0 radical (unpaired) electrons. The van der Waals surface area contributed by atoms with Gasteiger partial charge in [0, 0.05) is 25.7 Å². The van der Waals surface area contributed by atoms with E-state index in [1.165, 1.54) is 6.26 Å². The van der Waals surface area contributed by atoms with Crippen LogP contribution < -0.4 is 5.32 Å². The van der Waals surface area contributed by atoms with Gasteiger partial charge in [-0.3, -0.25) is 4.79 Å². The summed E-state index contributed by atoms with van der Waals surface area (Å²) in [5, 5.41) is 3.40. The van der Waals surface area contributed by atoms with Gasteiger partial charge in [0.2, 0.25) is 0 Å². The predicted molar refractivity (Wildman–Crippen MR) is 64.0 cm³/mol. The molecule has 1 aromatic heterocycles. The number of carbonyl (C=O) groups is 1. The summed E-state index contributed by atoms with van der Waals surface area (Å²) in [6, 6.07) is 0.329. The SMILES string of the molecule is CC(C)[C@H]1CN(C(=O)c2coc(Cl)n2)CCN1. The van der Waals surface area contributed by atoms with Crippen molar-refractivity contribution in [1.29, 1.82) is 0 Å². The number of hydrogen-bond acceptors (Lipinski definition) is 4. The quantitative estimate of drug-likeness (QED) is 0.870. The van der Waals surface area contributed by atoms with Crippen LogP contribution in [0.3, 0.4) is 0 Å². The number of carbonyl (C=O) groups excluding carboxylic acids is 1. The van der Waals surface area contributed by atoms with Gasteiger partial charge < -0.3 is 14.6 Å². The fourth-order valence-electron chi connectivity index (χ4n) is 1.92. The third kappa shape index (κ3) is 2.79. The number of piperazine rings is 1. The van der Waals surface area contributed by atoms with Crippen molar-refractivity contribution in [3.8, 4) is 0 Å². The summed E-state index contributed by atoms with van der Waals surface area (Å²) in [4.78, 5) is 17.7. The van der Waals surface area contributed by atoms with Crippen LogP contribution in [0, 0.1) is 5.92 Å². The zero-order chi connectivity index (χ0) is 12.4. The first kappa shape index (κ1) is 12.4. The molecule has 0 bridgehead atoms. The highest BCUT2D eigenvalue weighted by molar-refractivity contribution is 6.27. The Morgan fingerprint density at radius 1 is 1.71 bits per heavy atom. The Hall–Kier alpha value is -1.07. The van der Waals surface area contributed by atoms with Crippen LogP contribution in [0.25, 0.3) is 0 Å². The molecular weight excluding hydrogens is 242 g/mol. The maximum Gasteiger partial charge on any atom is 0.292 e. The molecule has 0 aliphatic carbocycles. The highest BCUT2D eigenvalue weighted by Gasteiger charge is 2.27. The molecular formula is C11H16ClN3O2. The minimum absolute atomic E-state index is 0.00361. The van der Waals surface area contributed by atoms with Crippen LogP contribution >= 0.6 is 11.6 Å². The molecule has 1 aliphatic rings. The van der Waals surface area contributed by atoms with E-state index in [2.05, 4.69) is 24.1 Å². The van der Waals surface area contributed by atoms with E-state index in [0.717, 1.165) is 6.54 Å². The molecule has 0 saturated carbocycles. The van der Waals surface area contributed by atoms with Crippen LogP contribution in [0.15, 0.2) is 10.7 Å². The molecule has 0 unspecified atom stereocenters. The molecule has 0 spiro atoms. The number of aromatic nitrogens is 1. The van der Waals surface area contributed by atoms with Crippen molar-refractivity contribution < 1.29 is 9.21 Å². The second-order valence-corrected chi connectivity index (χ2v) is 4.86. The summed E-state index contributed by atoms with van der Waals surface area (Å²) in [6.45, 7) is 6.46. The van der Waals surface area contributed by atoms with Crippen molar-refractivity contribution in [3.63, 3.8) is 0 Å². The molecule has 6 heteroatoms. The summed E-state index contributed by atoms with van der Waals surface area (Å²) in [5.41, 5.74) is 0.277. The van der Waals surface area contributed by atoms with Crippen molar-refractivity contribution in [2.45, 2.75) is 19.9 Å². The van der Waals surface area contributed by atoms with E-state index in [1.807, 2.05) is 0 Å². The minimum Gasteiger partial charge on any atom is -0.435 e. The molecule has 1 saturated heterocycles. The lowest BCUT2D eigenvalue weighted by molar-refractivity contribution is 0.0678. The molecule has 1 amide bonds. The molecule has 17 heavy (non-hydrogen) atoms. The molecule has 94 valence electrons. The first-order chi connectivity index (χ1) is 8.08. The monoisotopic (exact) mass is 257 g/mol. The van der Waals surface area contributed by atoms with Crippen LogP contribution in [0.1, 0.15) is 24.3 Å². The Morgan fingerprint density at radius 3 is 3.06 bits per heavy atom. The number of rotatable bonds is 2. The zero-order valence-electron chi connectivity index (χ0n) is 9.94. The summed E-state index contributed by atoms with van der Waals surface area (Å²) < 4.78 is 4.84. The van der Waals surface area contributed by atoms with E-state index in [0.29, 0.717) is 25.0 Å². The Morgan fingerprint density at radius 2 is 2.47 bits per heavy atom. The van der Waals surface area contributed by atoms with Gasteiger partial charge in [-0.25, -0.2) is 0 Å². The van der Waals surface area contributed by atoms with E-state index >= 15 is 0 Å². The number of oxazole rings is 1. The van der Waals surface area contributed by atoms with Gasteiger partial charge in [-0.2, -0.15) is 4.98 Å². The maximum absolute atomic E-state index is 12.1. The second kappa shape index (κ2) is 5.06. The Bertz CT molecular complexity index is 405. The Labute approximate surface area is 105 Å². The van der Waals surface area contributed by atoms with Gasteiger partial charge in [0.25, 0.3) is 11.3 Å². The third-order valence-corrected chi connectivity index (χ3v) is 3.17. The van der Waals surface area contributed by atoms with Crippen LogP contribution in [-0.2, 0) is 0 Å². The number of nitrogens with one attached hydrogen (secondary N) is 1. The summed E-state index contributed by atoms with van der Waals surface area (Å²) in [5.74, 6) is 0.374. The molecule has 0 aromatic carbocycles. The number of nitrogens with zero attached hydrogens (tertiary/aromatic N) is 2. The second-order valence-electron chi connectivity index (χ2n) is 4.54. The molecule has 1 atom stereocenters. The van der Waals surface area contributed by atoms with Gasteiger partial charge >= 0.3 is 0 Å². The molecule has 2 heterocycles. The maximum atomic E-state index is 12.1. The summed E-state index contributed by atoms with van der Waals surface area (Å²) in [7, 11) is 0. The van der Waals surface area contributed by atoms with Crippen molar-refractivity contribution in [3.05, 3.63) is 17.3 Å². The number of amides is 1. The Balaban J connectivity index is 2.04. The van der Waals surface area contributed by atoms with E-state index in [9.17, 15) is 4.79 Å². The fraction of sp³-hybridized carbons (Fsp3) is 0.636. The molecule has 2 rings (SSSR count). The normalized spacial score (nSPS) is 20.9. The van der Waals surface area contributed by atoms with Gasteiger partial charge in [-0.1, -0.05) is 13.8 Å². The van der Waals surface area contributed by atoms with Gasteiger partial charge in [-0.15, -0.1) is 0 Å². The highest BCUT2D eigenvalue weighted by atomic mass is 35.5. The molecule has 5 nitrogen and oxygen atoms in total. The van der Waals surface area contributed by atoms with E-state index < -0.39 is 0 Å². The first-order valence-electron chi connectivity index (χ1n) is 5.71. The number of hydrogen-bond donors (Lipinski definition) is 1. The molecule has 1 aromatic rings. The van der Waals surface area contributed by atoms with E-state index in [-0.39, 0.29) is 17.0 Å². The Kier molecular flexibility index (Phi) is 3.69. The van der Waals surface area contributed by atoms with Crippen LogP contribution in [0.2, 0.25) is 5.35 Å². The van der Waals surface area contributed by atoms with Crippen molar-refractivity contribution >= 4 is 17.5 Å². The van der Waals surface area contributed by atoms with Crippen molar-refractivity contribution in [2.75, 3.05) is 19.6 Å².